The van der Waals surface area contributed by atoms with Crippen LogP contribution < -0.4 is 16.6 Å². The van der Waals surface area contributed by atoms with Gasteiger partial charge >= 0.3 is 17.7 Å². The molecule has 0 saturated heterocycles. The molecule has 0 bridgehead atoms. The van der Waals surface area contributed by atoms with Gasteiger partial charge in [-0.1, -0.05) is 5.10 Å². The van der Waals surface area contributed by atoms with E-state index in [0.717, 1.165) is 10.9 Å². The van der Waals surface area contributed by atoms with Gasteiger partial charge in [0.05, 0.1) is 6.61 Å². The van der Waals surface area contributed by atoms with E-state index in [0.29, 0.717) is 18.9 Å². The van der Waals surface area contributed by atoms with Crippen molar-refractivity contribution in [2.75, 3.05) is 19.0 Å². The Balaban J connectivity index is 1.85. The summed E-state index contributed by atoms with van der Waals surface area (Å²) in [5.41, 5.74) is -1.58. The zero-order chi connectivity index (χ0) is 16.4. The molecule has 0 fully saturated rings. The number of aromatic amines is 2. The number of methoxy groups -OCH3 is 1. The van der Waals surface area contributed by atoms with Gasteiger partial charge in [-0.3, -0.25) is 20.1 Å². The fraction of sp³-hybridized carbons (Fsp3) is 0.273. The molecule has 3 aromatic rings. The maximum absolute atomic E-state index is 12.2. The number of nitrogens with one attached hydrogen (secondary N) is 3. The van der Waals surface area contributed by atoms with Crippen LogP contribution in [-0.4, -0.2) is 49.5 Å². The highest BCUT2D eigenvalue weighted by Crippen LogP contribution is 2.09. The minimum atomic E-state index is -0.753. The van der Waals surface area contributed by atoms with Crippen molar-refractivity contribution < 1.29 is 13.9 Å². The zero-order valence-corrected chi connectivity index (χ0v) is 11.8. The summed E-state index contributed by atoms with van der Waals surface area (Å²) >= 11 is 0. The van der Waals surface area contributed by atoms with Crippen molar-refractivity contribution in [3.05, 3.63) is 33.1 Å². The van der Waals surface area contributed by atoms with Gasteiger partial charge in [0.2, 0.25) is 5.89 Å². The molecular formula is C11H11N7O5. The van der Waals surface area contributed by atoms with Gasteiger partial charge in [0.1, 0.15) is 6.33 Å². The molecule has 0 aliphatic carbocycles. The average molecular weight is 321 g/mol. The van der Waals surface area contributed by atoms with Crippen molar-refractivity contribution in [3.8, 4) is 0 Å². The van der Waals surface area contributed by atoms with Crippen molar-refractivity contribution >= 4 is 23.2 Å². The Morgan fingerprint density at radius 3 is 3.00 bits per heavy atom. The molecule has 0 unspecified atom stereocenters. The number of hydrogen-bond donors (Lipinski definition) is 3. The summed E-state index contributed by atoms with van der Waals surface area (Å²) < 4.78 is 11.0. The first-order valence-corrected chi connectivity index (χ1v) is 6.41. The third-order valence-corrected chi connectivity index (χ3v) is 2.86. The zero-order valence-electron chi connectivity index (χ0n) is 11.8. The summed E-state index contributed by atoms with van der Waals surface area (Å²) in [5.74, 6) is 0.294. The largest absolute Gasteiger partial charge is 0.408 e. The summed E-state index contributed by atoms with van der Waals surface area (Å²) in [6, 6.07) is -0.856. The molecule has 12 nitrogen and oxygen atoms in total. The van der Waals surface area contributed by atoms with Crippen molar-refractivity contribution in [2.45, 2.75) is 6.42 Å². The molecule has 0 aromatic carbocycles. The highest BCUT2D eigenvalue weighted by atomic mass is 16.5. The molecule has 3 N–H and O–H groups in total. The number of rotatable bonds is 4. The number of aromatic nitrogens is 6. The molecule has 0 aliphatic rings. The molecule has 0 atom stereocenters. The smallest absolute Gasteiger partial charge is 0.336 e. The van der Waals surface area contributed by atoms with E-state index in [1.54, 1.807) is 0 Å². The lowest BCUT2D eigenvalue weighted by atomic mass is 10.5. The van der Waals surface area contributed by atoms with Crippen LogP contribution in [0.3, 0.4) is 0 Å². The number of amides is 1. The van der Waals surface area contributed by atoms with Crippen LogP contribution in [0.15, 0.2) is 20.3 Å². The van der Waals surface area contributed by atoms with Gasteiger partial charge in [-0.2, -0.15) is 0 Å². The monoisotopic (exact) mass is 321 g/mol. The third-order valence-electron chi connectivity index (χ3n) is 2.86. The first kappa shape index (κ1) is 14.6. The van der Waals surface area contributed by atoms with Gasteiger partial charge in [0, 0.05) is 13.5 Å². The van der Waals surface area contributed by atoms with Crippen LogP contribution in [0, 0.1) is 0 Å². The summed E-state index contributed by atoms with van der Waals surface area (Å²) in [7, 11) is 1.53. The molecule has 1 amide bonds. The van der Waals surface area contributed by atoms with Crippen molar-refractivity contribution in [2.24, 2.45) is 0 Å². The van der Waals surface area contributed by atoms with Crippen LogP contribution in [0.5, 0.6) is 0 Å². The van der Waals surface area contributed by atoms with E-state index in [-0.39, 0.29) is 17.2 Å². The number of carbonyl (C=O) groups is 1. The molecule has 3 heterocycles. The number of ether oxygens (including phenoxy) is 1. The van der Waals surface area contributed by atoms with Crippen LogP contribution >= 0.6 is 0 Å². The third kappa shape index (κ3) is 2.87. The highest BCUT2D eigenvalue weighted by Gasteiger charge is 2.16. The minimum Gasteiger partial charge on any atom is -0.408 e. The molecule has 23 heavy (non-hydrogen) atoms. The quantitative estimate of drug-likeness (QED) is 0.555. The first-order chi connectivity index (χ1) is 11.1. The minimum absolute atomic E-state index is 0.0460. The second-order valence-corrected chi connectivity index (χ2v) is 4.39. The van der Waals surface area contributed by atoms with Gasteiger partial charge in [-0.15, -0.1) is 5.10 Å². The maximum Gasteiger partial charge on any atom is 0.336 e. The van der Waals surface area contributed by atoms with Crippen molar-refractivity contribution in [1.82, 2.24) is 29.7 Å². The predicted octanol–water partition coefficient (Wildman–Crippen LogP) is -0.935. The van der Waals surface area contributed by atoms with Crippen LogP contribution in [-0.2, 0) is 11.2 Å². The van der Waals surface area contributed by atoms with Gasteiger partial charge in [-0.25, -0.2) is 19.1 Å². The normalized spacial score (nSPS) is 11.0. The summed E-state index contributed by atoms with van der Waals surface area (Å²) in [5, 5.41) is 9.73. The summed E-state index contributed by atoms with van der Waals surface area (Å²) in [4.78, 5) is 43.1. The van der Waals surface area contributed by atoms with Gasteiger partial charge < -0.3 is 9.15 Å². The van der Waals surface area contributed by atoms with Crippen molar-refractivity contribution in [1.29, 1.82) is 0 Å². The second kappa shape index (κ2) is 5.84. The Morgan fingerprint density at radius 1 is 1.39 bits per heavy atom. The fourth-order valence-corrected chi connectivity index (χ4v) is 1.84. The van der Waals surface area contributed by atoms with E-state index in [1.807, 2.05) is 4.98 Å². The van der Waals surface area contributed by atoms with Crippen LogP contribution in [0.4, 0.5) is 10.8 Å². The molecule has 0 radical (unpaired) electrons. The number of nitrogens with zero attached hydrogens (tertiary/aromatic N) is 4. The molecular weight excluding hydrogens is 310 g/mol. The molecule has 3 rings (SSSR count). The van der Waals surface area contributed by atoms with E-state index < -0.39 is 17.3 Å². The summed E-state index contributed by atoms with van der Waals surface area (Å²) in [6.45, 7) is 0.395. The number of fused-ring (bicyclic) bond motifs is 1. The van der Waals surface area contributed by atoms with Crippen molar-refractivity contribution in [3.63, 3.8) is 0 Å². The van der Waals surface area contributed by atoms with Crippen LogP contribution in [0.25, 0.3) is 11.2 Å². The Morgan fingerprint density at radius 2 is 2.22 bits per heavy atom. The van der Waals surface area contributed by atoms with Crippen LogP contribution in [0.1, 0.15) is 5.89 Å². The Hall–Kier alpha value is -3.28. The van der Waals surface area contributed by atoms with E-state index >= 15 is 0 Å². The lowest BCUT2D eigenvalue weighted by Crippen LogP contribution is -2.25. The molecule has 0 spiro atoms. The molecule has 0 saturated carbocycles. The van der Waals surface area contributed by atoms with E-state index in [9.17, 15) is 14.4 Å². The van der Waals surface area contributed by atoms with Gasteiger partial charge in [-0.05, 0) is 0 Å². The standard InChI is InChI=1S/C11H11N7O5/c1-22-3-2-5-16-17-10(23-5)15-11(21)18-4-12-6-7(18)13-9(20)14-8(6)19/h4H,2-3H2,1H3,(H,15,17,21)(H2,13,14,19,20). The molecule has 3 aromatic heterocycles. The van der Waals surface area contributed by atoms with E-state index in [1.165, 1.54) is 7.11 Å². The van der Waals surface area contributed by atoms with E-state index in [4.69, 9.17) is 9.15 Å². The lowest BCUT2D eigenvalue weighted by molar-refractivity contribution is 0.195. The number of imidazole rings is 1. The topological polar surface area (TPSA) is 161 Å². The van der Waals surface area contributed by atoms with Gasteiger partial charge in [0.25, 0.3) is 5.56 Å². The Labute approximate surface area is 126 Å². The highest BCUT2D eigenvalue weighted by molar-refractivity contribution is 5.94. The SMILES string of the molecule is COCCc1nnc(NC(=O)n2cnc3c(=O)[nH]c(=O)[nH]c32)o1. The summed E-state index contributed by atoms with van der Waals surface area (Å²) in [6.07, 6.45) is 1.49. The number of hydrogen-bond acceptors (Lipinski definition) is 8. The Kier molecular flexibility index (Phi) is 3.72. The maximum atomic E-state index is 12.2. The first-order valence-electron chi connectivity index (χ1n) is 6.41. The van der Waals surface area contributed by atoms with Gasteiger partial charge in [0.15, 0.2) is 11.2 Å². The lowest BCUT2D eigenvalue weighted by Gasteiger charge is -2.01. The van der Waals surface area contributed by atoms with E-state index in [2.05, 4.69) is 25.5 Å². The second-order valence-electron chi connectivity index (χ2n) is 4.39. The number of H-pyrrole nitrogens is 2. The number of carbonyl (C=O) groups excluding carboxylic acids is 1. The molecule has 120 valence electrons. The fourth-order valence-electron chi connectivity index (χ4n) is 1.84. The average Bonchev–Trinajstić information content (AvgIpc) is 3.11. The number of anilines is 1. The molecule has 12 heteroatoms. The Bertz CT molecular complexity index is 965. The molecule has 0 aliphatic heterocycles. The predicted molar refractivity (Wildman–Crippen MR) is 75.3 cm³/mol. The van der Waals surface area contributed by atoms with Crippen LogP contribution in [0.2, 0.25) is 0 Å².